The molecule has 3 heterocycles. The Morgan fingerprint density at radius 3 is 2.19 bits per heavy atom. The normalized spacial score (nSPS) is 23.8. The van der Waals surface area contributed by atoms with Gasteiger partial charge in [0, 0.05) is 12.2 Å². The van der Waals surface area contributed by atoms with Crippen molar-refractivity contribution in [3.05, 3.63) is 66.2 Å². The molecule has 1 atom stereocenters. The molecule has 0 radical (unpaired) electrons. The monoisotopic (exact) mass is 372 g/mol. The number of anilines is 1. The number of nitrogens with zero attached hydrogens (tertiary/aromatic N) is 2. The van der Waals surface area contributed by atoms with E-state index in [9.17, 15) is 4.79 Å². The summed E-state index contributed by atoms with van der Waals surface area (Å²) in [5.74, 6) is 0.517. The van der Waals surface area contributed by atoms with Gasteiger partial charge in [0.05, 0.1) is 6.54 Å². The van der Waals surface area contributed by atoms with Crippen LogP contribution in [0.15, 0.2) is 60.7 Å². The van der Waals surface area contributed by atoms with Crippen molar-refractivity contribution >= 4 is 24.2 Å². The van der Waals surface area contributed by atoms with Gasteiger partial charge in [0.2, 0.25) is 0 Å². The molecule has 0 aromatic heterocycles. The van der Waals surface area contributed by atoms with E-state index in [0.717, 1.165) is 43.7 Å². The minimum Gasteiger partial charge on any atom is -0.444 e. The number of carbonyl (C=O) groups is 1. The Bertz CT molecular complexity index is 702. The van der Waals surface area contributed by atoms with E-state index >= 15 is 0 Å². The summed E-state index contributed by atoms with van der Waals surface area (Å²) in [6.07, 6.45) is 2.06. The Morgan fingerprint density at radius 1 is 1.00 bits per heavy atom. The highest BCUT2D eigenvalue weighted by atomic mass is 35.5. The fourth-order valence-corrected chi connectivity index (χ4v) is 3.87. The standard InChI is InChI=1S/C21H24N2O2.ClH/c24-21(25-20-16-22-13-11-18(20)12-14-22)23(19-9-5-2-6-10-19)15-17-7-3-1-4-8-17;/h1-10,18,20H,11-16H2;1H/t20-;/m0./s1. The molecule has 0 N–H and O–H groups in total. The summed E-state index contributed by atoms with van der Waals surface area (Å²) in [5.41, 5.74) is 1.97. The van der Waals surface area contributed by atoms with Crippen molar-refractivity contribution in [2.24, 2.45) is 5.92 Å². The molecule has 2 bridgehead atoms. The van der Waals surface area contributed by atoms with Crippen molar-refractivity contribution in [2.45, 2.75) is 25.5 Å². The van der Waals surface area contributed by atoms with Gasteiger partial charge in [-0.1, -0.05) is 48.5 Å². The number of benzene rings is 2. The number of ether oxygens (including phenoxy) is 1. The maximum atomic E-state index is 13.0. The molecule has 1 amide bonds. The molecule has 0 aliphatic carbocycles. The lowest BCUT2D eigenvalue weighted by atomic mass is 9.86. The molecule has 3 aliphatic heterocycles. The topological polar surface area (TPSA) is 32.8 Å². The summed E-state index contributed by atoms with van der Waals surface area (Å²) in [4.78, 5) is 17.1. The maximum Gasteiger partial charge on any atom is 0.414 e. The number of fused-ring (bicyclic) bond motifs is 3. The van der Waals surface area contributed by atoms with Gasteiger partial charge in [-0.25, -0.2) is 4.79 Å². The van der Waals surface area contributed by atoms with Crippen molar-refractivity contribution in [2.75, 3.05) is 24.5 Å². The van der Waals surface area contributed by atoms with Crippen LogP contribution >= 0.6 is 12.4 Å². The van der Waals surface area contributed by atoms with Crippen molar-refractivity contribution in [3.8, 4) is 0 Å². The highest BCUT2D eigenvalue weighted by Gasteiger charge is 2.37. The lowest BCUT2D eigenvalue weighted by Gasteiger charge is -2.44. The maximum absolute atomic E-state index is 13.0. The van der Waals surface area contributed by atoms with Crippen LogP contribution < -0.4 is 4.90 Å². The molecule has 26 heavy (non-hydrogen) atoms. The van der Waals surface area contributed by atoms with Gasteiger partial charge >= 0.3 is 6.09 Å². The smallest absolute Gasteiger partial charge is 0.414 e. The van der Waals surface area contributed by atoms with Gasteiger partial charge in [0.25, 0.3) is 0 Å². The van der Waals surface area contributed by atoms with Crippen LogP contribution in [0.4, 0.5) is 10.5 Å². The number of hydrogen-bond donors (Lipinski definition) is 0. The molecule has 3 saturated heterocycles. The van der Waals surface area contributed by atoms with Crippen LogP contribution in [0.5, 0.6) is 0 Å². The first-order valence-electron chi connectivity index (χ1n) is 9.09. The molecular formula is C21H25ClN2O2. The van der Waals surface area contributed by atoms with Crippen molar-refractivity contribution < 1.29 is 9.53 Å². The quantitative estimate of drug-likeness (QED) is 0.800. The van der Waals surface area contributed by atoms with E-state index in [1.54, 1.807) is 4.90 Å². The number of para-hydroxylation sites is 1. The third-order valence-corrected chi connectivity index (χ3v) is 5.32. The molecule has 5 heteroatoms. The van der Waals surface area contributed by atoms with Crippen LogP contribution in [0.25, 0.3) is 0 Å². The third kappa shape index (κ3) is 4.19. The number of carbonyl (C=O) groups excluding carboxylic acids is 1. The zero-order chi connectivity index (χ0) is 17.1. The van der Waals surface area contributed by atoms with Crippen molar-refractivity contribution in [1.29, 1.82) is 0 Å². The Labute approximate surface area is 161 Å². The van der Waals surface area contributed by atoms with Crippen LogP contribution in [0, 0.1) is 5.92 Å². The number of hydrogen-bond acceptors (Lipinski definition) is 3. The zero-order valence-corrected chi connectivity index (χ0v) is 15.6. The van der Waals surface area contributed by atoms with Crippen LogP contribution in [-0.4, -0.2) is 36.7 Å². The van der Waals surface area contributed by atoms with Crippen molar-refractivity contribution in [1.82, 2.24) is 4.90 Å². The molecule has 138 valence electrons. The van der Waals surface area contributed by atoms with Gasteiger partial charge in [0.1, 0.15) is 6.10 Å². The van der Waals surface area contributed by atoms with Gasteiger partial charge in [-0.05, 0) is 49.5 Å². The van der Waals surface area contributed by atoms with Gasteiger partial charge < -0.3 is 4.74 Å². The Morgan fingerprint density at radius 2 is 1.62 bits per heavy atom. The zero-order valence-electron chi connectivity index (χ0n) is 14.8. The van der Waals surface area contributed by atoms with Crippen LogP contribution in [-0.2, 0) is 11.3 Å². The SMILES string of the molecule is Cl.O=C(O[C@H]1CN2CCC1CC2)N(Cc1ccccc1)c1ccccc1. The number of amides is 1. The largest absolute Gasteiger partial charge is 0.444 e. The van der Waals surface area contributed by atoms with E-state index in [0.29, 0.717) is 12.5 Å². The third-order valence-electron chi connectivity index (χ3n) is 5.32. The second-order valence-electron chi connectivity index (χ2n) is 6.97. The van der Waals surface area contributed by atoms with E-state index < -0.39 is 0 Å². The summed E-state index contributed by atoms with van der Waals surface area (Å²) in [7, 11) is 0. The fourth-order valence-electron chi connectivity index (χ4n) is 3.87. The summed E-state index contributed by atoms with van der Waals surface area (Å²) >= 11 is 0. The summed E-state index contributed by atoms with van der Waals surface area (Å²) in [6.45, 7) is 3.69. The molecular weight excluding hydrogens is 348 g/mol. The molecule has 4 nitrogen and oxygen atoms in total. The predicted molar refractivity (Wildman–Crippen MR) is 106 cm³/mol. The summed E-state index contributed by atoms with van der Waals surface area (Å²) in [6, 6.07) is 19.8. The first kappa shape index (κ1) is 18.7. The van der Waals surface area contributed by atoms with E-state index in [1.165, 1.54) is 0 Å². The fraction of sp³-hybridized carbons (Fsp3) is 0.381. The number of halogens is 1. The lowest BCUT2D eigenvalue weighted by Crippen LogP contribution is -2.53. The second kappa shape index (κ2) is 8.56. The molecule has 2 aromatic rings. The first-order valence-corrected chi connectivity index (χ1v) is 9.09. The minimum atomic E-state index is -0.242. The molecule has 0 unspecified atom stereocenters. The highest BCUT2D eigenvalue weighted by Crippen LogP contribution is 2.30. The van der Waals surface area contributed by atoms with E-state index in [4.69, 9.17) is 4.74 Å². The number of rotatable bonds is 4. The molecule has 2 aromatic carbocycles. The Balaban J connectivity index is 0.00000196. The summed E-state index contributed by atoms with van der Waals surface area (Å²) < 4.78 is 5.96. The Kier molecular flexibility index (Phi) is 6.17. The average molecular weight is 373 g/mol. The number of piperidine rings is 3. The molecule has 0 saturated carbocycles. The van der Waals surface area contributed by atoms with Crippen LogP contribution in [0.2, 0.25) is 0 Å². The molecule has 0 spiro atoms. The Hall–Kier alpha value is -2.04. The second-order valence-corrected chi connectivity index (χ2v) is 6.97. The lowest BCUT2D eigenvalue weighted by molar-refractivity contribution is -0.0311. The summed E-state index contributed by atoms with van der Waals surface area (Å²) in [5, 5.41) is 0. The van der Waals surface area contributed by atoms with E-state index in [-0.39, 0.29) is 24.6 Å². The highest BCUT2D eigenvalue weighted by molar-refractivity contribution is 5.87. The molecule has 3 aliphatic rings. The molecule has 3 fully saturated rings. The van der Waals surface area contributed by atoms with Crippen molar-refractivity contribution in [3.63, 3.8) is 0 Å². The first-order chi connectivity index (χ1) is 12.3. The van der Waals surface area contributed by atoms with Gasteiger partial charge in [-0.3, -0.25) is 9.80 Å². The molecule has 5 rings (SSSR count). The van der Waals surface area contributed by atoms with Gasteiger partial charge in [-0.15, -0.1) is 12.4 Å². The average Bonchev–Trinajstić information content (AvgIpc) is 2.68. The van der Waals surface area contributed by atoms with E-state index in [2.05, 4.69) is 4.90 Å². The predicted octanol–water partition coefficient (Wildman–Crippen LogP) is 4.35. The van der Waals surface area contributed by atoms with Gasteiger partial charge in [0.15, 0.2) is 0 Å². The van der Waals surface area contributed by atoms with Crippen LogP contribution in [0.1, 0.15) is 18.4 Å². The minimum absolute atomic E-state index is 0. The van der Waals surface area contributed by atoms with Gasteiger partial charge in [-0.2, -0.15) is 0 Å². The van der Waals surface area contributed by atoms with Crippen LogP contribution in [0.3, 0.4) is 0 Å². The van der Waals surface area contributed by atoms with E-state index in [1.807, 2.05) is 60.7 Å².